The molecule has 3 nitrogen and oxygen atoms in total. The van der Waals surface area contributed by atoms with Crippen LogP contribution in [0.2, 0.25) is 5.02 Å². The van der Waals surface area contributed by atoms with Gasteiger partial charge in [-0.1, -0.05) is 24.4 Å². The van der Waals surface area contributed by atoms with Crippen molar-refractivity contribution >= 4 is 48.9 Å². The van der Waals surface area contributed by atoms with Gasteiger partial charge in [0.1, 0.15) is 4.21 Å². The van der Waals surface area contributed by atoms with Crippen LogP contribution < -0.4 is 4.72 Å². The van der Waals surface area contributed by atoms with Gasteiger partial charge < -0.3 is 0 Å². The van der Waals surface area contributed by atoms with E-state index in [9.17, 15) is 8.42 Å². The van der Waals surface area contributed by atoms with Gasteiger partial charge in [-0.3, -0.25) is 0 Å². The van der Waals surface area contributed by atoms with Crippen LogP contribution in [-0.2, 0) is 10.0 Å². The highest BCUT2D eigenvalue weighted by atomic mass is 79.9. The standard InChI is InChI=1S/C9H11BrClNO2S2/c10-9-7(11)5-8(15-9)16(13,14)12-6-3-1-2-4-6/h5-6,12H,1-4H2. The third kappa shape index (κ3) is 2.79. The van der Waals surface area contributed by atoms with Gasteiger partial charge in [-0.2, -0.15) is 0 Å². The Labute approximate surface area is 112 Å². The lowest BCUT2D eigenvalue weighted by Crippen LogP contribution is -2.32. The number of thiophene rings is 1. The van der Waals surface area contributed by atoms with Crippen LogP contribution in [0.15, 0.2) is 14.1 Å². The summed E-state index contributed by atoms with van der Waals surface area (Å²) in [6.07, 6.45) is 4.06. The number of sulfonamides is 1. The number of rotatable bonds is 3. The number of hydrogen-bond acceptors (Lipinski definition) is 3. The molecule has 1 aliphatic carbocycles. The number of hydrogen-bond donors (Lipinski definition) is 1. The SMILES string of the molecule is O=S(=O)(NC1CCCC1)c1cc(Cl)c(Br)s1. The van der Waals surface area contributed by atoms with Crippen molar-refractivity contribution in [2.75, 3.05) is 0 Å². The smallest absolute Gasteiger partial charge is 0.207 e. The van der Waals surface area contributed by atoms with E-state index in [1.54, 1.807) is 0 Å². The van der Waals surface area contributed by atoms with Crippen molar-refractivity contribution in [1.82, 2.24) is 4.72 Å². The molecule has 1 N–H and O–H groups in total. The molecule has 7 heteroatoms. The summed E-state index contributed by atoms with van der Waals surface area (Å²) in [5, 5.41) is 0.441. The molecule has 1 aliphatic rings. The fraction of sp³-hybridized carbons (Fsp3) is 0.556. The summed E-state index contributed by atoms with van der Waals surface area (Å²) in [4.78, 5) is 0. The van der Waals surface area contributed by atoms with Crippen LogP contribution in [0.3, 0.4) is 0 Å². The second-order valence-electron chi connectivity index (χ2n) is 3.79. The second-order valence-corrected chi connectivity index (χ2v) is 8.51. The highest BCUT2D eigenvalue weighted by molar-refractivity contribution is 9.11. The summed E-state index contributed by atoms with van der Waals surface area (Å²) < 4.78 is 27.6. The molecule has 0 radical (unpaired) electrons. The first kappa shape index (κ1) is 12.8. The monoisotopic (exact) mass is 343 g/mol. The van der Waals surface area contributed by atoms with Gasteiger partial charge in [-0.25, -0.2) is 13.1 Å². The second kappa shape index (κ2) is 4.94. The predicted octanol–water partition coefficient (Wildman–Crippen LogP) is 3.38. The van der Waals surface area contributed by atoms with Gasteiger partial charge in [0.15, 0.2) is 0 Å². The molecule has 90 valence electrons. The lowest BCUT2D eigenvalue weighted by atomic mass is 10.3. The summed E-state index contributed by atoms with van der Waals surface area (Å²) in [7, 11) is -3.39. The Morgan fingerprint density at radius 3 is 2.56 bits per heavy atom. The van der Waals surface area contributed by atoms with Crippen LogP contribution >= 0.6 is 38.9 Å². The molecule has 1 fully saturated rings. The average molecular weight is 345 g/mol. The molecule has 1 saturated carbocycles. The molecule has 0 saturated heterocycles. The molecular weight excluding hydrogens is 334 g/mol. The van der Waals surface area contributed by atoms with Gasteiger partial charge in [0.25, 0.3) is 0 Å². The van der Waals surface area contributed by atoms with E-state index in [0.29, 0.717) is 8.81 Å². The molecule has 0 spiro atoms. The van der Waals surface area contributed by atoms with Crippen molar-refractivity contribution in [2.45, 2.75) is 35.9 Å². The molecular formula is C9H11BrClNO2S2. The third-order valence-corrected chi connectivity index (χ3v) is 7.03. The summed E-state index contributed by atoms with van der Waals surface area (Å²) >= 11 is 10.2. The van der Waals surface area contributed by atoms with E-state index in [1.165, 1.54) is 6.07 Å². The zero-order chi connectivity index (χ0) is 11.8. The Balaban J connectivity index is 2.18. The van der Waals surface area contributed by atoms with Crippen LogP contribution in [0.1, 0.15) is 25.7 Å². The van der Waals surface area contributed by atoms with E-state index in [1.807, 2.05) is 0 Å². The van der Waals surface area contributed by atoms with Crippen LogP contribution in [0.5, 0.6) is 0 Å². The van der Waals surface area contributed by atoms with E-state index in [0.717, 1.165) is 37.0 Å². The Kier molecular flexibility index (Phi) is 3.96. The van der Waals surface area contributed by atoms with Gasteiger partial charge >= 0.3 is 0 Å². The van der Waals surface area contributed by atoms with Crippen molar-refractivity contribution in [3.8, 4) is 0 Å². The number of halogens is 2. The van der Waals surface area contributed by atoms with E-state index < -0.39 is 10.0 Å². The maximum absolute atomic E-state index is 12.0. The average Bonchev–Trinajstić information content (AvgIpc) is 2.78. The molecule has 1 aromatic rings. The van der Waals surface area contributed by atoms with E-state index in [-0.39, 0.29) is 10.3 Å². The minimum absolute atomic E-state index is 0.0876. The molecule has 0 bridgehead atoms. The molecule has 0 amide bonds. The lowest BCUT2D eigenvalue weighted by molar-refractivity contribution is 0.554. The first-order chi connectivity index (χ1) is 7.49. The molecule has 1 heterocycles. The Morgan fingerprint density at radius 1 is 1.44 bits per heavy atom. The van der Waals surface area contributed by atoms with Gasteiger partial charge in [0, 0.05) is 6.04 Å². The quantitative estimate of drug-likeness (QED) is 0.913. The van der Waals surface area contributed by atoms with Crippen molar-refractivity contribution < 1.29 is 8.42 Å². The van der Waals surface area contributed by atoms with Crippen molar-refractivity contribution in [3.05, 3.63) is 14.9 Å². The van der Waals surface area contributed by atoms with Crippen LogP contribution in [-0.4, -0.2) is 14.5 Å². The molecule has 2 rings (SSSR count). The van der Waals surface area contributed by atoms with Gasteiger partial charge in [-0.15, -0.1) is 11.3 Å². The molecule has 0 aromatic carbocycles. The minimum Gasteiger partial charge on any atom is -0.207 e. The Bertz CT molecular complexity index is 460. The van der Waals surface area contributed by atoms with Gasteiger partial charge in [0.05, 0.1) is 8.81 Å². The lowest BCUT2D eigenvalue weighted by Gasteiger charge is -2.10. The first-order valence-electron chi connectivity index (χ1n) is 4.96. The van der Waals surface area contributed by atoms with Gasteiger partial charge in [-0.05, 0) is 34.8 Å². The Hall–Kier alpha value is 0.380. The first-order valence-corrected chi connectivity index (χ1v) is 8.43. The zero-order valence-corrected chi connectivity index (χ0v) is 12.3. The highest BCUT2D eigenvalue weighted by Gasteiger charge is 2.24. The maximum atomic E-state index is 12.0. The summed E-state index contributed by atoms with van der Waals surface area (Å²) in [5.74, 6) is 0. The van der Waals surface area contributed by atoms with Crippen LogP contribution in [0.4, 0.5) is 0 Å². The molecule has 1 aromatic heterocycles. The van der Waals surface area contributed by atoms with Crippen molar-refractivity contribution in [1.29, 1.82) is 0 Å². The number of nitrogens with one attached hydrogen (secondary N) is 1. The Morgan fingerprint density at radius 2 is 2.06 bits per heavy atom. The summed E-state index contributed by atoms with van der Waals surface area (Å²) in [6, 6.07) is 1.57. The van der Waals surface area contributed by atoms with Crippen LogP contribution in [0.25, 0.3) is 0 Å². The van der Waals surface area contributed by atoms with Crippen molar-refractivity contribution in [3.63, 3.8) is 0 Å². The van der Waals surface area contributed by atoms with Crippen molar-refractivity contribution in [2.24, 2.45) is 0 Å². The normalized spacial score (nSPS) is 18.1. The topological polar surface area (TPSA) is 46.2 Å². The predicted molar refractivity (Wildman–Crippen MR) is 69.6 cm³/mol. The highest BCUT2D eigenvalue weighted by Crippen LogP contribution is 2.35. The fourth-order valence-corrected chi connectivity index (χ4v) is 5.50. The zero-order valence-electron chi connectivity index (χ0n) is 8.37. The van der Waals surface area contributed by atoms with E-state index >= 15 is 0 Å². The minimum atomic E-state index is -3.39. The van der Waals surface area contributed by atoms with Gasteiger partial charge in [0.2, 0.25) is 10.0 Å². The molecule has 0 atom stereocenters. The van der Waals surface area contributed by atoms with E-state index in [4.69, 9.17) is 11.6 Å². The molecule has 0 unspecified atom stereocenters. The summed E-state index contributed by atoms with van der Waals surface area (Å²) in [5.41, 5.74) is 0. The molecule has 16 heavy (non-hydrogen) atoms. The summed E-state index contributed by atoms with van der Waals surface area (Å²) in [6.45, 7) is 0. The van der Waals surface area contributed by atoms with Crippen LogP contribution in [0, 0.1) is 0 Å². The van der Waals surface area contributed by atoms with E-state index in [2.05, 4.69) is 20.7 Å². The molecule has 0 aliphatic heterocycles. The largest absolute Gasteiger partial charge is 0.250 e. The third-order valence-electron chi connectivity index (χ3n) is 2.56. The maximum Gasteiger partial charge on any atom is 0.250 e. The fourth-order valence-electron chi connectivity index (χ4n) is 1.78.